The van der Waals surface area contributed by atoms with Gasteiger partial charge in [-0.05, 0) is 42.2 Å². The Labute approximate surface area is 160 Å². The molecule has 6 nitrogen and oxygen atoms in total. The Bertz CT molecular complexity index is 1040. The molecule has 0 radical (unpaired) electrons. The van der Waals surface area contributed by atoms with E-state index in [1.165, 1.54) is 12.1 Å². The van der Waals surface area contributed by atoms with Crippen LogP contribution in [0, 0.1) is 6.92 Å². The maximum Gasteiger partial charge on any atom is 0.586 e. The second-order valence-corrected chi connectivity index (χ2v) is 6.83. The number of nitrogens with zero attached hydrogens (tertiary/aromatic N) is 2. The third-order valence-corrected chi connectivity index (χ3v) is 4.94. The maximum atomic E-state index is 13.2. The first-order valence-electron chi connectivity index (χ1n) is 7.62. The number of carbonyl (C=O) groups excluding carboxylic acids is 1. The summed E-state index contributed by atoms with van der Waals surface area (Å²) < 4.78 is 38.9. The van der Waals surface area contributed by atoms with Crippen LogP contribution in [0.15, 0.2) is 36.4 Å². The van der Waals surface area contributed by atoms with Crippen LogP contribution in [0.1, 0.15) is 15.4 Å². The number of hydrogen-bond acceptors (Lipinski definition) is 6. The van der Waals surface area contributed by atoms with Crippen LogP contribution >= 0.6 is 23.1 Å². The van der Waals surface area contributed by atoms with Gasteiger partial charge in [0.15, 0.2) is 11.5 Å². The van der Waals surface area contributed by atoms with E-state index in [9.17, 15) is 13.6 Å². The fourth-order valence-corrected chi connectivity index (χ4v) is 3.37. The lowest BCUT2D eigenvalue weighted by atomic mass is 10.0. The standard InChI is InChI=1S/C17H10ClF2N3O3S/c1-8-15(27-23-22-8)16(24)21-10-4-2-9(3-5-10)11-6-13-14(7-12(11)18)26-17(19,20)25-13/h2-7H,1H3,(H,21,24). The number of anilines is 1. The Morgan fingerprint density at radius 1 is 1.19 bits per heavy atom. The fourth-order valence-electron chi connectivity index (χ4n) is 2.55. The molecule has 4 rings (SSSR count). The molecule has 0 unspecified atom stereocenters. The topological polar surface area (TPSA) is 73.3 Å². The molecule has 27 heavy (non-hydrogen) atoms. The first-order chi connectivity index (χ1) is 12.8. The van der Waals surface area contributed by atoms with Gasteiger partial charge in [-0.15, -0.1) is 13.9 Å². The average molecular weight is 410 g/mol. The lowest BCUT2D eigenvalue weighted by Crippen LogP contribution is -2.25. The van der Waals surface area contributed by atoms with Gasteiger partial charge in [0.05, 0.1) is 10.7 Å². The molecule has 0 fully saturated rings. The van der Waals surface area contributed by atoms with E-state index in [-0.39, 0.29) is 22.4 Å². The summed E-state index contributed by atoms with van der Waals surface area (Å²) in [4.78, 5) is 12.6. The normalized spacial score (nSPS) is 14.2. The van der Waals surface area contributed by atoms with Crippen molar-refractivity contribution < 1.29 is 23.0 Å². The second-order valence-electron chi connectivity index (χ2n) is 5.67. The zero-order valence-corrected chi connectivity index (χ0v) is 15.2. The van der Waals surface area contributed by atoms with Crippen molar-refractivity contribution in [2.75, 3.05) is 5.32 Å². The molecule has 138 valence electrons. The highest BCUT2D eigenvalue weighted by molar-refractivity contribution is 7.08. The van der Waals surface area contributed by atoms with Crippen molar-refractivity contribution in [1.29, 1.82) is 0 Å². The molecule has 0 spiro atoms. The Morgan fingerprint density at radius 2 is 1.85 bits per heavy atom. The molecule has 1 amide bonds. The molecule has 3 aromatic rings. The first kappa shape index (κ1) is 17.6. The Kier molecular flexibility index (Phi) is 4.20. The van der Waals surface area contributed by atoms with Crippen LogP contribution in [-0.2, 0) is 0 Å². The second kappa shape index (κ2) is 6.43. The fraction of sp³-hybridized carbons (Fsp3) is 0.118. The summed E-state index contributed by atoms with van der Waals surface area (Å²) >= 11 is 7.19. The van der Waals surface area contributed by atoms with Gasteiger partial charge in [0.1, 0.15) is 4.88 Å². The number of aromatic nitrogens is 2. The quantitative estimate of drug-likeness (QED) is 0.676. The van der Waals surface area contributed by atoms with Crippen LogP contribution in [0.2, 0.25) is 5.02 Å². The third-order valence-electron chi connectivity index (χ3n) is 3.80. The van der Waals surface area contributed by atoms with Crippen LogP contribution < -0.4 is 14.8 Å². The summed E-state index contributed by atoms with van der Waals surface area (Å²) in [5.74, 6) is -0.519. The van der Waals surface area contributed by atoms with Crippen LogP contribution in [0.3, 0.4) is 0 Å². The molecule has 1 aliphatic rings. The van der Waals surface area contributed by atoms with E-state index in [1.54, 1.807) is 31.2 Å². The molecule has 0 atom stereocenters. The molecular weight excluding hydrogens is 400 g/mol. The van der Waals surface area contributed by atoms with Crippen molar-refractivity contribution in [2.45, 2.75) is 13.2 Å². The van der Waals surface area contributed by atoms with Crippen LogP contribution in [0.5, 0.6) is 11.5 Å². The number of nitrogens with one attached hydrogen (secondary N) is 1. The van der Waals surface area contributed by atoms with Crippen LogP contribution in [-0.4, -0.2) is 21.8 Å². The summed E-state index contributed by atoms with van der Waals surface area (Å²) in [5, 5.41) is 6.78. The molecule has 0 saturated heterocycles. The van der Waals surface area contributed by atoms with Gasteiger partial charge in [-0.3, -0.25) is 4.79 Å². The highest BCUT2D eigenvalue weighted by Crippen LogP contribution is 2.46. The molecule has 1 aromatic heterocycles. The van der Waals surface area contributed by atoms with E-state index in [4.69, 9.17) is 11.6 Å². The van der Waals surface area contributed by atoms with Gasteiger partial charge in [0.2, 0.25) is 0 Å². The van der Waals surface area contributed by atoms with Gasteiger partial charge in [0, 0.05) is 17.3 Å². The van der Waals surface area contributed by atoms with Gasteiger partial charge in [-0.25, -0.2) is 0 Å². The number of aryl methyl sites for hydroxylation is 1. The highest BCUT2D eigenvalue weighted by Gasteiger charge is 2.43. The van der Waals surface area contributed by atoms with E-state index < -0.39 is 6.29 Å². The first-order valence-corrected chi connectivity index (χ1v) is 8.78. The Balaban J connectivity index is 1.57. The number of alkyl halides is 2. The van der Waals surface area contributed by atoms with Crippen LogP contribution in [0.25, 0.3) is 11.1 Å². The van der Waals surface area contributed by atoms with E-state index in [0.29, 0.717) is 27.4 Å². The predicted octanol–water partition coefficient (Wildman–Crippen LogP) is 4.74. The molecule has 2 aromatic carbocycles. The van der Waals surface area contributed by atoms with E-state index in [2.05, 4.69) is 24.4 Å². The summed E-state index contributed by atoms with van der Waals surface area (Å²) in [6.45, 7) is 1.70. The monoisotopic (exact) mass is 409 g/mol. The molecule has 0 saturated carbocycles. The summed E-state index contributed by atoms with van der Waals surface area (Å²) in [7, 11) is 0. The third kappa shape index (κ3) is 3.43. The maximum absolute atomic E-state index is 13.2. The molecule has 1 N–H and O–H groups in total. The number of halogens is 3. The lowest BCUT2D eigenvalue weighted by molar-refractivity contribution is -0.286. The molecule has 0 aliphatic carbocycles. The number of fused-ring (bicyclic) bond motifs is 1. The Hall–Kier alpha value is -2.78. The number of carbonyl (C=O) groups is 1. The highest BCUT2D eigenvalue weighted by atomic mass is 35.5. The number of hydrogen-bond donors (Lipinski definition) is 1. The van der Waals surface area contributed by atoms with E-state index >= 15 is 0 Å². The number of benzene rings is 2. The number of ether oxygens (including phenoxy) is 2. The van der Waals surface area contributed by atoms with Crippen molar-refractivity contribution in [2.24, 2.45) is 0 Å². The largest absolute Gasteiger partial charge is 0.586 e. The van der Waals surface area contributed by atoms with E-state index in [1.807, 2.05) is 0 Å². The minimum atomic E-state index is -3.71. The summed E-state index contributed by atoms with van der Waals surface area (Å²) in [6, 6.07) is 9.42. The Morgan fingerprint density at radius 3 is 2.48 bits per heavy atom. The van der Waals surface area contributed by atoms with Gasteiger partial charge < -0.3 is 14.8 Å². The zero-order valence-electron chi connectivity index (χ0n) is 13.6. The van der Waals surface area contributed by atoms with Gasteiger partial charge in [0.25, 0.3) is 5.91 Å². The van der Waals surface area contributed by atoms with Crippen molar-refractivity contribution in [3.63, 3.8) is 0 Å². The molecule has 0 bridgehead atoms. The molecule has 2 heterocycles. The van der Waals surface area contributed by atoms with Crippen LogP contribution in [0.4, 0.5) is 14.5 Å². The van der Waals surface area contributed by atoms with Gasteiger partial charge in [-0.1, -0.05) is 28.2 Å². The predicted molar refractivity (Wildman–Crippen MR) is 95.7 cm³/mol. The molecular formula is C17H10ClF2N3O3S. The summed E-state index contributed by atoms with van der Waals surface area (Å²) in [5.41, 5.74) is 2.27. The SMILES string of the molecule is Cc1nnsc1C(=O)Nc1ccc(-c2cc3c(cc2Cl)OC(F)(F)O3)cc1. The van der Waals surface area contributed by atoms with E-state index in [0.717, 1.165) is 11.5 Å². The lowest BCUT2D eigenvalue weighted by Gasteiger charge is -2.08. The molecule has 1 aliphatic heterocycles. The molecule has 10 heteroatoms. The van der Waals surface area contributed by atoms with Crippen molar-refractivity contribution in [1.82, 2.24) is 9.59 Å². The van der Waals surface area contributed by atoms with Crippen molar-refractivity contribution in [3.8, 4) is 22.6 Å². The van der Waals surface area contributed by atoms with Gasteiger partial charge >= 0.3 is 6.29 Å². The van der Waals surface area contributed by atoms with Gasteiger partial charge in [-0.2, -0.15) is 0 Å². The van der Waals surface area contributed by atoms with Crippen molar-refractivity contribution >= 4 is 34.7 Å². The van der Waals surface area contributed by atoms with Crippen molar-refractivity contribution in [3.05, 3.63) is 52.0 Å². The zero-order chi connectivity index (χ0) is 19.2. The smallest absolute Gasteiger partial charge is 0.395 e. The number of amides is 1. The minimum absolute atomic E-state index is 0.0926. The minimum Gasteiger partial charge on any atom is -0.395 e. The number of rotatable bonds is 3. The summed E-state index contributed by atoms with van der Waals surface area (Å²) in [6.07, 6.45) is -3.71. The average Bonchev–Trinajstić information content (AvgIpc) is 3.16.